The van der Waals surface area contributed by atoms with Crippen molar-refractivity contribution in [3.8, 4) is 0 Å². The van der Waals surface area contributed by atoms with E-state index in [0.717, 1.165) is 11.1 Å². The molecule has 5 heteroatoms. The molecular weight excluding hydrogens is 317 g/mol. The lowest BCUT2D eigenvalue weighted by molar-refractivity contribution is 0.192. The number of rotatable bonds is 7. The van der Waals surface area contributed by atoms with Gasteiger partial charge in [-0.3, -0.25) is 0 Å². The minimum atomic E-state index is -0.286. The first-order valence-corrected chi connectivity index (χ1v) is 8.49. The molecule has 0 aliphatic heterocycles. The van der Waals surface area contributed by atoms with Crippen LogP contribution in [0.15, 0.2) is 54.6 Å². The smallest absolute Gasteiger partial charge is 0.317 e. The van der Waals surface area contributed by atoms with E-state index in [2.05, 4.69) is 22.3 Å². The summed E-state index contributed by atoms with van der Waals surface area (Å²) >= 11 is 0. The summed E-state index contributed by atoms with van der Waals surface area (Å²) in [5.41, 5.74) is 1.94. The van der Waals surface area contributed by atoms with E-state index in [1.165, 1.54) is 12.1 Å². The number of benzene rings is 2. The van der Waals surface area contributed by atoms with Crippen molar-refractivity contribution < 1.29 is 9.18 Å². The first-order chi connectivity index (χ1) is 12.0. The Hall–Kier alpha value is -2.40. The molecule has 2 aromatic rings. The molecule has 0 heterocycles. The van der Waals surface area contributed by atoms with Gasteiger partial charge in [0.1, 0.15) is 5.82 Å². The third-order valence-corrected chi connectivity index (χ3v) is 4.19. The zero-order valence-corrected chi connectivity index (χ0v) is 15.1. The van der Waals surface area contributed by atoms with Crippen molar-refractivity contribution in [1.82, 2.24) is 15.1 Å². The number of nitrogens with zero attached hydrogens (tertiary/aromatic N) is 2. The van der Waals surface area contributed by atoms with Crippen LogP contribution in [-0.2, 0) is 6.54 Å². The standard InChI is InChI=1S/C20H26FN3O/c1-4-24(15-16-9-8-12-18(21)13-16)20(25)22-14-19(23(2)3)17-10-6-5-7-11-17/h5-13,19H,4,14-15H2,1-3H3,(H,22,25). The average Bonchev–Trinajstić information content (AvgIpc) is 2.60. The molecule has 0 saturated carbocycles. The number of nitrogens with one attached hydrogen (secondary N) is 1. The maximum atomic E-state index is 13.3. The summed E-state index contributed by atoms with van der Waals surface area (Å²) in [6.45, 7) is 3.37. The van der Waals surface area contributed by atoms with E-state index in [1.807, 2.05) is 45.3 Å². The van der Waals surface area contributed by atoms with Gasteiger partial charge in [0.05, 0.1) is 6.04 Å². The molecule has 2 rings (SSSR count). The van der Waals surface area contributed by atoms with E-state index >= 15 is 0 Å². The Balaban J connectivity index is 1.98. The molecule has 2 aromatic carbocycles. The third kappa shape index (κ3) is 5.57. The quantitative estimate of drug-likeness (QED) is 0.833. The molecular formula is C20H26FN3O. The second kappa shape index (κ2) is 9.18. The lowest BCUT2D eigenvalue weighted by Gasteiger charge is -2.27. The predicted molar refractivity (Wildman–Crippen MR) is 98.8 cm³/mol. The molecule has 1 unspecified atom stereocenters. The predicted octanol–water partition coefficient (Wildman–Crippen LogP) is 3.66. The van der Waals surface area contributed by atoms with Crippen molar-refractivity contribution in [2.24, 2.45) is 0 Å². The highest BCUT2D eigenvalue weighted by atomic mass is 19.1. The highest BCUT2D eigenvalue weighted by Crippen LogP contribution is 2.17. The number of urea groups is 1. The summed E-state index contributed by atoms with van der Waals surface area (Å²) in [4.78, 5) is 16.3. The fourth-order valence-corrected chi connectivity index (χ4v) is 2.75. The van der Waals surface area contributed by atoms with Crippen molar-refractivity contribution in [3.63, 3.8) is 0 Å². The van der Waals surface area contributed by atoms with Crippen LogP contribution >= 0.6 is 0 Å². The topological polar surface area (TPSA) is 35.6 Å². The molecule has 0 bridgehead atoms. The van der Waals surface area contributed by atoms with E-state index in [-0.39, 0.29) is 17.9 Å². The molecule has 0 aliphatic carbocycles. The fourth-order valence-electron chi connectivity index (χ4n) is 2.75. The van der Waals surface area contributed by atoms with Gasteiger partial charge in [-0.25, -0.2) is 9.18 Å². The van der Waals surface area contributed by atoms with Crippen LogP contribution in [0.3, 0.4) is 0 Å². The number of likely N-dealkylation sites (N-methyl/N-ethyl adjacent to an activating group) is 1. The molecule has 0 radical (unpaired) electrons. The normalized spacial score (nSPS) is 12.0. The lowest BCUT2D eigenvalue weighted by atomic mass is 10.1. The van der Waals surface area contributed by atoms with Gasteiger partial charge in [-0.15, -0.1) is 0 Å². The Labute approximate surface area is 149 Å². The summed E-state index contributed by atoms with van der Waals surface area (Å²) in [6.07, 6.45) is 0. The lowest BCUT2D eigenvalue weighted by Crippen LogP contribution is -2.42. The molecule has 0 saturated heterocycles. The summed E-state index contributed by atoms with van der Waals surface area (Å²) in [5.74, 6) is -0.286. The first kappa shape index (κ1) is 18.9. The van der Waals surface area contributed by atoms with Crippen LogP contribution in [0.2, 0.25) is 0 Å². The van der Waals surface area contributed by atoms with E-state index in [9.17, 15) is 9.18 Å². The maximum Gasteiger partial charge on any atom is 0.317 e. The maximum absolute atomic E-state index is 13.3. The van der Waals surface area contributed by atoms with Crippen molar-refractivity contribution in [2.45, 2.75) is 19.5 Å². The van der Waals surface area contributed by atoms with Crippen LogP contribution in [0, 0.1) is 5.82 Å². The van der Waals surface area contributed by atoms with Crippen LogP contribution in [0.4, 0.5) is 9.18 Å². The van der Waals surface area contributed by atoms with Gasteiger partial charge in [-0.2, -0.15) is 0 Å². The second-order valence-electron chi connectivity index (χ2n) is 6.22. The van der Waals surface area contributed by atoms with Crippen molar-refractivity contribution >= 4 is 6.03 Å². The van der Waals surface area contributed by atoms with Crippen LogP contribution in [0.5, 0.6) is 0 Å². The number of halogens is 1. The van der Waals surface area contributed by atoms with E-state index in [0.29, 0.717) is 19.6 Å². The molecule has 1 atom stereocenters. The number of hydrogen-bond acceptors (Lipinski definition) is 2. The average molecular weight is 343 g/mol. The van der Waals surface area contributed by atoms with E-state index < -0.39 is 0 Å². The van der Waals surface area contributed by atoms with E-state index in [4.69, 9.17) is 0 Å². The molecule has 0 aliphatic rings. The Bertz CT molecular complexity index is 676. The molecule has 0 fully saturated rings. The van der Waals surface area contributed by atoms with Crippen molar-refractivity contribution in [1.29, 1.82) is 0 Å². The van der Waals surface area contributed by atoms with Crippen molar-refractivity contribution in [3.05, 3.63) is 71.5 Å². The van der Waals surface area contributed by atoms with E-state index in [1.54, 1.807) is 11.0 Å². The van der Waals surface area contributed by atoms with Gasteiger partial charge in [-0.05, 0) is 44.3 Å². The largest absolute Gasteiger partial charge is 0.336 e. The van der Waals surface area contributed by atoms with Gasteiger partial charge in [0.25, 0.3) is 0 Å². The van der Waals surface area contributed by atoms with Crippen LogP contribution in [-0.4, -0.2) is 43.0 Å². The number of carbonyl (C=O) groups excluding carboxylic acids is 1. The van der Waals surface area contributed by atoms with Gasteiger partial charge in [0.2, 0.25) is 0 Å². The van der Waals surface area contributed by atoms with Gasteiger partial charge in [0, 0.05) is 19.6 Å². The SMILES string of the molecule is CCN(Cc1cccc(F)c1)C(=O)NCC(c1ccccc1)N(C)C. The fraction of sp³-hybridized carbons (Fsp3) is 0.350. The van der Waals surface area contributed by atoms with Gasteiger partial charge in [0.15, 0.2) is 0 Å². The van der Waals surface area contributed by atoms with Crippen molar-refractivity contribution in [2.75, 3.05) is 27.2 Å². The summed E-state index contributed by atoms with van der Waals surface area (Å²) in [6, 6.07) is 16.4. The van der Waals surface area contributed by atoms with Crippen LogP contribution in [0.25, 0.3) is 0 Å². The summed E-state index contributed by atoms with van der Waals surface area (Å²) in [5, 5.41) is 3.00. The molecule has 2 amide bonds. The number of carbonyl (C=O) groups is 1. The van der Waals surface area contributed by atoms with Crippen LogP contribution in [0.1, 0.15) is 24.1 Å². The minimum Gasteiger partial charge on any atom is -0.336 e. The molecule has 4 nitrogen and oxygen atoms in total. The summed E-state index contributed by atoms with van der Waals surface area (Å²) < 4.78 is 13.3. The summed E-state index contributed by atoms with van der Waals surface area (Å²) in [7, 11) is 3.99. The van der Waals surface area contributed by atoms with Gasteiger partial charge in [-0.1, -0.05) is 42.5 Å². The second-order valence-corrected chi connectivity index (χ2v) is 6.22. The van der Waals surface area contributed by atoms with Gasteiger partial charge < -0.3 is 15.1 Å². The van der Waals surface area contributed by atoms with Crippen LogP contribution < -0.4 is 5.32 Å². The number of amides is 2. The molecule has 25 heavy (non-hydrogen) atoms. The third-order valence-electron chi connectivity index (χ3n) is 4.19. The number of hydrogen-bond donors (Lipinski definition) is 1. The zero-order chi connectivity index (χ0) is 18.2. The minimum absolute atomic E-state index is 0.0954. The highest BCUT2D eigenvalue weighted by Gasteiger charge is 2.17. The molecule has 0 aromatic heterocycles. The van der Waals surface area contributed by atoms with Gasteiger partial charge >= 0.3 is 6.03 Å². The zero-order valence-electron chi connectivity index (χ0n) is 15.1. The Morgan fingerprint density at radius 2 is 1.84 bits per heavy atom. The monoisotopic (exact) mass is 343 g/mol. The molecule has 0 spiro atoms. The highest BCUT2D eigenvalue weighted by molar-refractivity contribution is 5.74. The molecule has 1 N–H and O–H groups in total. The molecule has 134 valence electrons. The Morgan fingerprint density at radius 3 is 2.44 bits per heavy atom. The first-order valence-electron chi connectivity index (χ1n) is 8.49. The Kier molecular flexibility index (Phi) is 6.95. The Morgan fingerprint density at radius 1 is 1.12 bits per heavy atom.